The average molecular weight is 343 g/mol. The zero-order valence-electron chi connectivity index (χ0n) is 12.7. The number of hydrogen-bond donors (Lipinski definition) is 0. The number of thiazole rings is 1. The average Bonchev–Trinajstić information content (AvgIpc) is 3.10. The second-order valence-electron chi connectivity index (χ2n) is 5.06. The van der Waals surface area contributed by atoms with Crippen LogP contribution in [0.3, 0.4) is 0 Å². The molecule has 0 fully saturated rings. The summed E-state index contributed by atoms with van der Waals surface area (Å²) < 4.78 is 18.2. The molecule has 1 heterocycles. The van der Waals surface area contributed by atoms with E-state index in [-0.39, 0.29) is 5.25 Å². The van der Waals surface area contributed by atoms with Crippen LogP contribution in [0.1, 0.15) is 21.3 Å². The van der Waals surface area contributed by atoms with Crippen molar-refractivity contribution in [2.75, 3.05) is 7.11 Å². The molecular formula is C18H17NO2S2. The van der Waals surface area contributed by atoms with Crippen LogP contribution in [0.25, 0.3) is 0 Å². The predicted molar refractivity (Wildman–Crippen MR) is 95.2 cm³/mol. The molecule has 3 nitrogen and oxygen atoms in total. The van der Waals surface area contributed by atoms with Crippen LogP contribution in [0.5, 0.6) is 5.75 Å². The minimum absolute atomic E-state index is 0.163. The van der Waals surface area contributed by atoms with Crippen molar-refractivity contribution in [3.8, 4) is 5.75 Å². The molecule has 0 unspecified atom stereocenters. The first kappa shape index (κ1) is 15.9. The molecule has 2 atom stereocenters. The topological polar surface area (TPSA) is 39.2 Å². The normalized spacial score (nSPS) is 13.4. The van der Waals surface area contributed by atoms with Gasteiger partial charge in [0.1, 0.15) is 5.75 Å². The quantitative estimate of drug-likeness (QED) is 0.674. The van der Waals surface area contributed by atoms with E-state index in [1.165, 1.54) is 0 Å². The number of rotatable bonds is 6. The maximum Gasteiger partial charge on any atom is 0.118 e. The van der Waals surface area contributed by atoms with Crippen LogP contribution in [0.4, 0.5) is 0 Å². The van der Waals surface area contributed by atoms with Crippen molar-refractivity contribution in [2.45, 2.75) is 11.0 Å². The first-order chi connectivity index (χ1) is 11.3. The maximum atomic E-state index is 13.0. The fourth-order valence-electron chi connectivity index (χ4n) is 2.44. The van der Waals surface area contributed by atoms with Gasteiger partial charge < -0.3 is 4.74 Å². The molecule has 23 heavy (non-hydrogen) atoms. The number of ether oxygens (including phenoxy) is 1. The molecule has 0 spiro atoms. The molecule has 0 N–H and O–H groups in total. The van der Waals surface area contributed by atoms with Crippen molar-refractivity contribution < 1.29 is 8.95 Å². The molecule has 0 aliphatic carbocycles. The first-order valence-electron chi connectivity index (χ1n) is 7.21. The highest BCUT2D eigenvalue weighted by atomic mass is 32.2. The Morgan fingerprint density at radius 2 is 1.78 bits per heavy atom. The third-order valence-corrected chi connectivity index (χ3v) is 6.18. The SMILES string of the molecule is COc1ccc([C@H](c2ccccc2)[S@](=O)Cc2cncs2)cc1. The van der Waals surface area contributed by atoms with Gasteiger partial charge in [-0.25, -0.2) is 0 Å². The second kappa shape index (κ2) is 7.53. The zero-order chi connectivity index (χ0) is 16.1. The lowest BCUT2D eigenvalue weighted by molar-refractivity contribution is 0.414. The molecule has 0 saturated heterocycles. The molecule has 118 valence electrons. The highest BCUT2D eigenvalue weighted by Gasteiger charge is 2.22. The van der Waals surface area contributed by atoms with Gasteiger partial charge in [0.15, 0.2) is 0 Å². The largest absolute Gasteiger partial charge is 0.497 e. The van der Waals surface area contributed by atoms with Gasteiger partial charge >= 0.3 is 0 Å². The summed E-state index contributed by atoms with van der Waals surface area (Å²) in [5, 5.41) is -0.163. The molecule has 1 aromatic heterocycles. The van der Waals surface area contributed by atoms with Crippen LogP contribution in [0.15, 0.2) is 66.3 Å². The summed E-state index contributed by atoms with van der Waals surface area (Å²) in [6, 6.07) is 17.8. The smallest absolute Gasteiger partial charge is 0.118 e. The van der Waals surface area contributed by atoms with Gasteiger partial charge in [-0.2, -0.15) is 0 Å². The zero-order valence-corrected chi connectivity index (χ0v) is 14.3. The van der Waals surface area contributed by atoms with Crippen LogP contribution in [-0.2, 0) is 16.6 Å². The summed E-state index contributed by atoms with van der Waals surface area (Å²) in [6.07, 6.45) is 1.79. The Morgan fingerprint density at radius 3 is 2.39 bits per heavy atom. The van der Waals surface area contributed by atoms with E-state index in [9.17, 15) is 4.21 Å². The molecule has 0 saturated carbocycles. The van der Waals surface area contributed by atoms with E-state index >= 15 is 0 Å². The third-order valence-electron chi connectivity index (χ3n) is 3.55. The molecule has 5 heteroatoms. The number of hydrogen-bond acceptors (Lipinski definition) is 4. The summed E-state index contributed by atoms with van der Waals surface area (Å²) in [5.74, 6) is 1.31. The molecule has 3 aromatic rings. The van der Waals surface area contributed by atoms with E-state index in [2.05, 4.69) is 4.98 Å². The van der Waals surface area contributed by atoms with Crippen molar-refractivity contribution in [3.05, 3.63) is 82.3 Å². The van der Waals surface area contributed by atoms with Gasteiger partial charge in [0, 0.05) is 21.9 Å². The molecule has 0 aliphatic heterocycles. The Labute approximate surface area is 142 Å². The summed E-state index contributed by atoms with van der Waals surface area (Å²) in [5.41, 5.74) is 3.86. The Bertz CT molecular complexity index is 755. The summed E-state index contributed by atoms with van der Waals surface area (Å²) >= 11 is 1.54. The fourth-order valence-corrected chi connectivity index (χ4v) is 4.88. The fraction of sp³-hybridized carbons (Fsp3) is 0.167. The van der Waals surface area contributed by atoms with Gasteiger partial charge in [0.25, 0.3) is 0 Å². The van der Waals surface area contributed by atoms with Crippen molar-refractivity contribution >= 4 is 22.1 Å². The maximum absolute atomic E-state index is 13.0. The lowest BCUT2D eigenvalue weighted by Crippen LogP contribution is -2.10. The highest BCUT2D eigenvalue weighted by Crippen LogP contribution is 2.31. The van der Waals surface area contributed by atoms with Crippen molar-refractivity contribution in [1.82, 2.24) is 4.98 Å². The van der Waals surface area contributed by atoms with Crippen LogP contribution < -0.4 is 4.74 Å². The summed E-state index contributed by atoms with van der Waals surface area (Å²) in [6.45, 7) is 0. The van der Waals surface area contributed by atoms with E-state index in [0.29, 0.717) is 5.75 Å². The van der Waals surface area contributed by atoms with Crippen LogP contribution in [0, 0.1) is 0 Å². The van der Waals surface area contributed by atoms with Gasteiger partial charge in [0.05, 0.1) is 23.6 Å². The van der Waals surface area contributed by atoms with Gasteiger partial charge in [-0.15, -0.1) is 11.3 Å². The van der Waals surface area contributed by atoms with Crippen molar-refractivity contribution in [3.63, 3.8) is 0 Å². The predicted octanol–water partition coefficient (Wildman–Crippen LogP) is 4.19. The van der Waals surface area contributed by atoms with E-state index < -0.39 is 10.8 Å². The molecule has 2 aromatic carbocycles. The third kappa shape index (κ3) is 3.86. The number of aromatic nitrogens is 1. The monoisotopic (exact) mass is 343 g/mol. The second-order valence-corrected chi connectivity index (χ2v) is 7.55. The Morgan fingerprint density at radius 1 is 1.09 bits per heavy atom. The van der Waals surface area contributed by atoms with Crippen molar-refractivity contribution in [1.29, 1.82) is 0 Å². The minimum atomic E-state index is -1.07. The Hall–Kier alpha value is -1.98. The minimum Gasteiger partial charge on any atom is -0.497 e. The number of benzene rings is 2. The molecular weight excluding hydrogens is 326 g/mol. The number of nitrogens with zero attached hydrogens (tertiary/aromatic N) is 1. The van der Waals surface area contributed by atoms with E-state index in [4.69, 9.17) is 4.74 Å². The van der Waals surface area contributed by atoms with Gasteiger partial charge in [-0.1, -0.05) is 42.5 Å². The lowest BCUT2D eigenvalue weighted by Gasteiger charge is -2.17. The highest BCUT2D eigenvalue weighted by molar-refractivity contribution is 7.84. The molecule has 0 aliphatic rings. The molecule has 0 bridgehead atoms. The summed E-state index contributed by atoms with van der Waals surface area (Å²) in [7, 11) is 0.576. The van der Waals surface area contributed by atoms with Crippen LogP contribution in [-0.4, -0.2) is 16.3 Å². The molecule has 0 amide bonds. The van der Waals surface area contributed by atoms with Crippen molar-refractivity contribution in [2.24, 2.45) is 0 Å². The molecule has 0 radical (unpaired) electrons. The van der Waals surface area contributed by atoms with E-state index in [0.717, 1.165) is 21.8 Å². The number of methoxy groups -OCH3 is 1. The van der Waals surface area contributed by atoms with Crippen LogP contribution in [0.2, 0.25) is 0 Å². The summed E-state index contributed by atoms with van der Waals surface area (Å²) in [4.78, 5) is 5.11. The standard InChI is InChI=1S/C18H17NO2S2/c1-21-16-9-7-15(8-10-16)18(14-5-3-2-4-6-14)23(20)12-17-11-19-13-22-17/h2-11,13,18H,12H2,1H3/t18-,23+/m0/s1. The first-order valence-corrected chi connectivity index (χ1v) is 9.47. The molecule has 3 rings (SSSR count). The Kier molecular flexibility index (Phi) is 5.20. The Balaban J connectivity index is 1.94. The van der Waals surface area contributed by atoms with E-state index in [1.807, 2.05) is 54.6 Å². The van der Waals surface area contributed by atoms with Crippen LogP contribution >= 0.6 is 11.3 Å². The van der Waals surface area contributed by atoms with Gasteiger partial charge in [0.2, 0.25) is 0 Å². The van der Waals surface area contributed by atoms with Gasteiger partial charge in [-0.05, 0) is 23.3 Å². The lowest BCUT2D eigenvalue weighted by atomic mass is 10.0. The van der Waals surface area contributed by atoms with Gasteiger partial charge in [-0.3, -0.25) is 9.19 Å². The van der Waals surface area contributed by atoms with E-state index in [1.54, 1.807) is 30.2 Å².